The molecule has 0 aromatic heterocycles. The third kappa shape index (κ3) is 4.43. The average molecular weight is 421 g/mol. The lowest BCUT2D eigenvalue weighted by Crippen LogP contribution is -2.35. The molecule has 162 valence electrons. The minimum atomic E-state index is -0.325. The minimum Gasteiger partial charge on any atom is -0.494 e. The van der Waals surface area contributed by atoms with Gasteiger partial charge in [-0.15, -0.1) is 0 Å². The maximum atomic E-state index is 12.9. The molecule has 2 aliphatic rings. The summed E-state index contributed by atoms with van der Waals surface area (Å²) in [4.78, 5) is 26.6. The second-order valence-electron chi connectivity index (χ2n) is 8.00. The van der Waals surface area contributed by atoms with Gasteiger partial charge in [0, 0.05) is 37.2 Å². The van der Waals surface area contributed by atoms with Gasteiger partial charge < -0.3 is 19.7 Å². The van der Waals surface area contributed by atoms with Crippen molar-refractivity contribution in [2.24, 2.45) is 0 Å². The largest absolute Gasteiger partial charge is 0.494 e. The zero-order valence-electron chi connectivity index (χ0n) is 18.2. The van der Waals surface area contributed by atoms with E-state index in [1.165, 1.54) is 6.92 Å². The van der Waals surface area contributed by atoms with Crippen molar-refractivity contribution in [1.82, 2.24) is 10.2 Å². The molecule has 6 nitrogen and oxygen atoms in total. The van der Waals surface area contributed by atoms with Crippen LogP contribution in [0, 0.1) is 0 Å². The Kier molecular flexibility index (Phi) is 5.98. The molecule has 2 aliphatic heterocycles. The number of carbonyl (C=O) groups is 2. The number of nitrogens with one attached hydrogen (secondary N) is 1. The van der Waals surface area contributed by atoms with Gasteiger partial charge in [-0.1, -0.05) is 24.3 Å². The average Bonchev–Trinajstić information content (AvgIpc) is 3.11. The molecule has 2 heterocycles. The third-order valence-electron chi connectivity index (χ3n) is 5.70. The molecule has 0 bridgehead atoms. The van der Waals surface area contributed by atoms with Gasteiger partial charge in [-0.05, 0) is 43.2 Å². The molecule has 1 N–H and O–H groups in total. The van der Waals surface area contributed by atoms with Crippen LogP contribution in [0.5, 0.6) is 11.5 Å². The van der Waals surface area contributed by atoms with E-state index >= 15 is 0 Å². The van der Waals surface area contributed by atoms with Crippen LogP contribution in [0.1, 0.15) is 55.5 Å². The molecule has 31 heavy (non-hydrogen) atoms. The van der Waals surface area contributed by atoms with E-state index in [1.807, 2.05) is 56.3 Å². The summed E-state index contributed by atoms with van der Waals surface area (Å²) in [5, 5.41) is 3.00. The summed E-state index contributed by atoms with van der Waals surface area (Å²) in [6.45, 7) is 6.39. The normalized spacial score (nSPS) is 18.7. The van der Waals surface area contributed by atoms with Gasteiger partial charge in [-0.25, -0.2) is 0 Å². The lowest BCUT2D eigenvalue weighted by molar-refractivity contribution is -0.130. The minimum absolute atomic E-state index is 0.0907. The fraction of sp³-hybridized carbons (Fsp3) is 0.360. The van der Waals surface area contributed by atoms with E-state index in [0.29, 0.717) is 13.2 Å². The van der Waals surface area contributed by atoms with Crippen molar-refractivity contribution in [3.05, 3.63) is 64.9 Å². The van der Waals surface area contributed by atoms with E-state index in [-0.39, 0.29) is 30.4 Å². The lowest BCUT2D eigenvalue weighted by atomic mass is 9.93. The Morgan fingerprint density at radius 3 is 2.84 bits per heavy atom. The van der Waals surface area contributed by atoms with Crippen LogP contribution in [-0.2, 0) is 22.6 Å². The van der Waals surface area contributed by atoms with Gasteiger partial charge in [0.15, 0.2) is 0 Å². The van der Waals surface area contributed by atoms with Crippen molar-refractivity contribution in [3.63, 3.8) is 0 Å². The molecule has 0 fully saturated rings. The number of ether oxygens (including phenoxy) is 2. The van der Waals surface area contributed by atoms with Crippen LogP contribution < -0.4 is 14.8 Å². The molecule has 0 spiro atoms. The first-order valence-corrected chi connectivity index (χ1v) is 10.7. The highest BCUT2D eigenvalue weighted by Crippen LogP contribution is 2.36. The summed E-state index contributed by atoms with van der Waals surface area (Å²) in [7, 11) is 0. The highest BCUT2D eigenvalue weighted by molar-refractivity contribution is 5.81. The van der Waals surface area contributed by atoms with Crippen LogP contribution in [-0.4, -0.2) is 29.4 Å². The Morgan fingerprint density at radius 2 is 2.06 bits per heavy atom. The molecule has 2 aromatic carbocycles. The number of amides is 2. The Bertz CT molecular complexity index is 1030. The fourth-order valence-electron chi connectivity index (χ4n) is 4.26. The van der Waals surface area contributed by atoms with Crippen molar-refractivity contribution >= 4 is 17.9 Å². The zero-order chi connectivity index (χ0) is 22.0. The lowest BCUT2D eigenvalue weighted by Gasteiger charge is -2.32. The van der Waals surface area contributed by atoms with Crippen LogP contribution >= 0.6 is 0 Å². The van der Waals surface area contributed by atoms with Gasteiger partial charge in [0.05, 0.1) is 19.1 Å². The Labute approximate surface area is 182 Å². The molecule has 2 atom stereocenters. The zero-order valence-corrected chi connectivity index (χ0v) is 18.2. The van der Waals surface area contributed by atoms with Gasteiger partial charge in [0.1, 0.15) is 17.6 Å². The standard InChI is InChI=1S/C25H28N2O4/c1-4-30-23-12-19-11-16(2)31-24(19)13-20(23)15-26-25(29)14-22-21-8-6-5-7-18(21)9-10-27(22)17(3)28/h5-10,12-13,16,22H,4,11,14-15H2,1-3H3,(H,26,29)/t16-,22-/m1/s1. The van der Waals surface area contributed by atoms with E-state index in [2.05, 4.69) is 5.32 Å². The second-order valence-corrected chi connectivity index (χ2v) is 8.00. The van der Waals surface area contributed by atoms with E-state index in [1.54, 1.807) is 11.1 Å². The Morgan fingerprint density at radius 1 is 1.26 bits per heavy atom. The molecule has 0 radical (unpaired) electrons. The number of benzene rings is 2. The van der Waals surface area contributed by atoms with E-state index in [9.17, 15) is 9.59 Å². The van der Waals surface area contributed by atoms with Gasteiger partial charge >= 0.3 is 0 Å². The van der Waals surface area contributed by atoms with Gasteiger partial charge in [0.25, 0.3) is 0 Å². The van der Waals surface area contributed by atoms with Gasteiger partial charge in [-0.3, -0.25) is 9.59 Å². The third-order valence-corrected chi connectivity index (χ3v) is 5.70. The van der Waals surface area contributed by atoms with E-state index in [4.69, 9.17) is 9.47 Å². The van der Waals surface area contributed by atoms with Crippen molar-refractivity contribution < 1.29 is 19.1 Å². The number of hydrogen-bond acceptors (Lipinski definition) is 4. The highest BCUT2D eigenvalue weighted by Gasteiger charge is 2.28. The molecular weight excluding hydrogens is 392 g/mol. The van der Waals surface area contributed by atoms with Crippen LogP contribution in [0.15, 0.2) is 42.6 Å². The number of fused-ring (bicyclic) bond motifs is 2. The predicted octanol–water partition coefficient (Wildman–Crippen LogP) is 3.99. The van der Waals surface area contributed by atoms with E-state index < -0.39 is 0 Å². The van der Waals surface area contributed by atoms with Crippen molar-refractivity contribution in [1.29, 1.82) is 0 Å². The Hall–Kier alpha value is -3.28. The van der Waals surface area contributed by atoms with Crippen LogP contribution in [0.2, 0.25) is 0 Å². The SMILES string of the molecule is CCOc1cc2c(cc1CNC(=O)C[C@@H]1c3ccccc3C=CN1C(C)=O)O[C@H](C)C2. The molecule has 6 heteroatoms. The van der Waals surface area contributed by atoms with Gasteiger partial charge in [-0.2, -0.15) is 0 Å². The molecule has 2 amide bonds. The molecule has 2 aromatic rings. The van der Waals surface area contributed by atoms with E-state index in [0.717, 1.165) is 40.2 Å². The predicted molar refractivity (Wildman–Crippen MR) is 119 cm³/mol. The summed E-state index contributed by atoms with van der Waals surface area (Å²) >= 11 is 0. The molecule has 0 unspecified atom stereocenters. The Balaban J connectivity index is 1.49. The van der Waals surface area contributed by atoms with Crippen molar-refractivity contribution in [2.75, 3.05) is 6.61 Å². The summed E-state index contributed by atoms with van der Waals surface area (Å²) < 4.78 is 11.7. The number of rotatable bonds is 6. The summed E-state index contributed by atoms with van der Waals surface area (Å²) in [5.41, 5.74) is 4.02. The van der Waals surface area contributed by atoms with Crippen LogP contribution in [0.3, 0.4) is 0 Å². The summed E-state index contributed by atoms with van der Waals surface area (Å²) in [6, 6.07) is 11.5. The topological polar surface area (TPSA) is 67.9 Å². The van der Waals surface area contributed by atoms with Crippen LogP contribution in [0.4, 0.5) is 0 Å². The van der Waals surface area contributed by atoms with Gasteiger partial charge in [0.2, 0.25) is 11.8 Å². The molecular formula is C25H28N2O4. The monoisotopic (exact) mass is 420 g/mol. The maximum Gasteiger partial charge on any atom is 0.223 e. The fourth-order valence-corrected chi connectivity index (χ4v) is 4.26. The first-order chi connectivity index (χ1) is 15.0. The number of nitrogens with zero attached hydrogens (tertiary/aromatic N) is 1. The first-order valence-electron chi connectivity index (χ1n) is 10.7. The molecule has 0 aliphatic carbocycles. The van der Waals surface area contributed by atoms with Crippen molar-refractivity contribution in [2.45, 2.75) is 52.3 Å². The number of carbonyl (C=O) groups excluding carboxylic acids is 2. The first kappa shape index (κ1) is 21.0. The quantitative estimate of drug-likeness (QED) is 0.767. The molecule has 0 saturated carbocycles. The second kappa shape index (κ2) is 8.84. The summed E-state index contributed by atoms with van der Waals surface area (Å²) in [5.74, 6) is 1.41. The highest BCUT2D eigenvalue weighted by atomic mass is 16.5. The molecule has 4 rings (SSSR count). The summed E-state index contributed by atoms with van der Waals surface area (Å²) in [6.07, 6.45) is 4.85. The van der Waals surface area contributed by atoms with Crippen molar-refractivity contribution in [3.8, 4) is 11.5 Å². The smallest absolute Gasteiger partial charge is 0.223 e. The number of hydrogen-bond donors (Lipinski definition) is 1. The maximum absolute atomic E-state index is 12.9. The molecule has 0 saturated heterocycles. The van der Waals surface area contributed by atoms with Crippen LogP contribution in [0.25, 0.3) is 6.08 Å².